The van der Waals surface area contributed by atoms with Crippen molar-refractivity contribution >= 4 is 28.5 Å². The summed E-state index contributed by atoms with van der Waals surface area (Å²) in [6, 6.07) is 14.3. The van der Waals surface area contributed by atoms with Gasteiger partial charge in [0.05, 0.1) is 0 Å². The molecule has 0 fully saturated rings. The predicted molar refractivity (Wildman–Crippen MR) is 99.5 cm³/mol. The highest BCUT2D eigenvalue weighted by molar-refractivity contribution is 6.06. The molecule has 2 N–H and O–H groups in total. The van der Waals surface area contributed by atoms with Crippen LogP contribution in [0.4, 0.5) is 5.69 Å². The van der Waals surface area contributed by atoms with Gasteiger partial charge < -0.3 is 19.8 Å². The smallest absolute Gasteiger partial charge is 0.291 e. The Morgan fingerprint density at radius 3 is 2.50 bits per heavy atom. The maximum atomic E-state index is 12.5. The number of likely N-dealkylation sites (N-methyl/N-ethyl adjacent to an activating group) is 1. The van der Waals surface area contributed by atoms with E-state index in [1.807, 2.05) is 38.1 Å². The molecule has 6 nitrogen and oxygen atoms in total. The number of rotatable bonds is 6. The summed E-state index contributed by atoms with van der Waals surface area (Å²) in [5.74, 6) is 0.358. The molecule has 1 aromatic heterocycles. The lowest BCUT2D eigenvalue weighted by molar-refractivity contribution is -0.122. The Bertz CT molecular complexity index is 929. The van der Waals surface area contributed by atoms with E-state index in [0.717, 1.165) is 10.9 Å². The van der Waals surface area contributed by atoms with E-state index in [-0.39, 0.29) is 18.4 Å². The van der Waals surface area contributed by atoms with E-state index in [0.29, 0.717) is 29.3 Å². The van der Waals surface area contributed by atoms with Crippen LogP contribution in [-0.2, 0) is 4.79 Å². The van der Waals surface area contributed by atoms with Crippen LogP contribution in [0.15, 0.2) is 52.9 Å². The monoisotopic (exact) mass is 352 g/mol. The summed E-state index contributed by atoms with van der Waals surface area (Å²) in [4.78, 5) is 23.9. The van der Waals surface area contributed by atoms with Gasteiger partial charge in [0.1, 0.15) is 11.3 Å². The van der Waals surface area contributed by atoms with E-state index in [1.54, 1.807) is 24.3 Å². The van der Waals surface area contributed by atoms with Gasteiger partial charge in [0.25, 0.3) is 11.8 Å². The number of hydrogen-bond acceptors (Lipinski definition) is 4. The molecule has 2 amide bonds. The Morgan fingerprint density at radius 1 is 1.08 bits per heavy atom. The van der Waals surface area contributed by atoms with E-state index < -0.39 is 0 Å². The Hall–Kier alpha value is -3.28. The number of amides is 2. The van der Waals surface area contributed by atoms with Crippen LogP contribution in [0.25, 0.3) is 11.0 Å². The van der Waals surface area contributed by atoms with Gasteiger partial charge in [-0.05, 0) is 44.2 Å². The third kappa shape index (κ3) is 3.85. The lowest BCUT2D eigenvalue weighted by Gasteiger charge is -2.08. The van der Waals surface area contributed by atoms with Crippen molar-refractivity contribution in [3.05, 3.63) is 59.9 Å². The number of aryl methyl sites for hydroxylation is 1. The molecule has 6 heteroatoms. The summed E-state index contributed by atoms with van der Waals surface area (Å²) in [6.07, 6.45) is 0. The van der Waals surface area contributed by atoms with Crippen LogP contribution in [0.5, 0.6) is 5.75 Å². The van der Waals surface area contributed by atoms with Gasteiger partial charge in [-0.15, -0.1) is 0 Å². The SMILES string of the molecule is CCNC(=O)COc1ccc(NC(=O)c2oc3ccccc3c2C)cc1. The molecule has 26 heavy (non-hydrogen) atoms. The summed E-state index contributed by atoms with van der Waals surface area (Å²) >= 11 is 0. The van der Waals surface area contributed by atoms with Crippen LogP contribution in [0, 0.1) is 6.92 Å². The fourth-order valence-corrected chi connectivity index (χ4v) is 2.61. The van der Waals surface area contributed by atoms with Crippen molar-refractivity contribution in [1.82, 2.24) is 5.32 Å². The van der Waals surface area contributed by atoms with Crippen molar-refractivity contribution in [3.8, 4) is 5.75 Å². The molecule has 0 saturated heterocycles. The van der Waals surface area contributed by atoms with Crippen molar-refractivity contribution in [1.29, 1.82) is 0 Å². The fourth-order valence-electron chi connectivity index (χ4n) is 2.61. The first-order valence-corrected chi connectivity index (χ1v) is 8.37. The number of fused-ring (bicyclic) bond motifs is 1. The minimum absolute atomic E-state index is 0.0439. The Morgan fingerprint density at radius 2 is 1.81 bits per heavy atom. The second-order valence-electron chi connectivity index (χ2n) is 5.77. The van der Waals surface area contributed by atoms with Gasteiger partial charge in [0, 0.05) is 23.2 Å². The van der Waals surface area contributed by atoms with Crippen molar-refractivity contribution in [2.24, 2.45) is 0 Å². The van der Waals surface area contributed by atoms with E-state index in [1.165, 1.54) is 0 Å². The zero-order chi connectivity index (χ0) is 18.5. The summed E-state index contributed by atoms with van der Waals surface area (Å²) < 4.78 is 11.0. The second-order valence-corrected chi connectivity index (χ2v) is 5.77. The lowest BCUT2D eigenvalue weighted by Crippen LogP contribution is -2.28. The number of hydrogen-bond donors (Lipinski definition) is 2. The number of ether oxygens (including phenoxy) is 1. The van der Waals surface area contributed by atoms with Gasteiger partial charge in [0.15, 0.2) is 12.4 Å². The van der Waals surface area contributed by atoms with Crippen LogP contribution < -0.4 is 15.4 Å². The van der Waals surface area contributed by atoms with Crippen LogP contribution in [0.1, 0.15) is 23.0 Å². The van der Waals surface area contributed by atoms with Crippen molar-refractivity contribution in [3.63, 3.8) is 0 Å². The van der Waals surface area contributed by atoms with Gasteiger partial charge in [-0.2, -0.15) is 0 Å². The van der Waals surface area contributed by atoms with E-state index >= 15 is 0 Å². The molecule has 0 bridgehead atoms. The maximum absolute atomic E-state index is 12.5. The highest BCUT2D eigenvalue weighted by Crippen LogP contribution is 2.26. The standard InChI is InChI=1S/C20H20N2O4/c1-3-21-18(23)12-25-15-10-8-14(9-11-15)22-20(24)19-13(2)16-6-4-5-7-17(16)26-19/h4-11H,3,12H2,1-2H3,(H,21,23)(H,22,24). The average Bonchev–Trinajstić information content (AvgIpc) is 2.99. The Kier molecular flexibility index (Phi) is 5.22. The van der Waals surface area contributed by atoms with Gasteiger partial charge in [-0.3, -0.25) is 9.59 Å². The molecule has 0 atom stereocenters. The molecule has 0 unspecified atom stereocenters. The zero-order valence-electron chi connectivity index (χ0n) is 14.7. The molecule has 0 saturated carbocycles. The molecule has 3 aromatic rings. The molecule has 2 aromatic carbocycles. The van der Waals surface area contributed by atoms with Crippen LogP contribution in [0.2, 0.25) is 0 Å². The number of benzene rings is 2. The topological polar surface area (TPSA) is 80.6 Å². The van der Waals surface area contributed by atoms with E-state index in [9.17, 15) is 9.59 Å². The lowest BCUT2D eigenvalue weighted by atomic mass is 10.1. The molecule has 134 valence electrons. The minimum atomic E-state index is -0.310. The first-order valence-electron chi connectivity index (χ1n) is 8.37. The van der Waals surface area contributed by atoms with Crippen LogP contribution in [-0.4, -0.2) is 25.0 Å². The third-order valence-electron chi connectivity index (χ3n) is 3.91. The summed E-state index contributed by atoms with van der Waals surface area (Å²) in [5.41, 5.74) is 2.10. The molecule has 0 aliphatic heterocycles. The molecule has 0 aliphatic carbocycles. The van der Waals surface area contributed by atoms with Gasteiger partial charge >= 0.3 is 0 Å². The van der Waals surface area contributed by atoms with E-state index in [4.69, 9.17) is 9.15 Å². The van der Waals surface area contributed by atoms with Gasteiger partial charge in [0.2, 0.25) is 0 Å². The quantitative estimate of drug-likeness (QED) is 0.711. The highest BCUT2D eigenvalue weighted by Gasteiger charge is 2.17. The number of para-hydroxylation sites is 1. The van der Waals surface area contributed by atoms with E-state index in [2.05, 4.69) is 10.6 Å². The Labute approximate surface area is 151 Å². The average molecular weight is 352 g/mol. The molecule has 0 spiro atoms. The number of carbonyl (C=O) groups excluding carboxylic acids is 2. The molecular formula is C20H20N2O4. The largest absolute Gasteiger partial charge is 0.484 e. The molecular weight excluding hydrogens is 332 g/mol. The number of anilines is 1. The van der Waals surface area contributed by atoms with Gasteiger partial charge in [-0.25, -0.2) is 0 Å². The predicted octanol–water partition coefficient (Wildman–Crippen LogP) is 3.51. The zero-order valence-corrected chi connectivity index (χ0v) is 14.7. The summed E-state index contributed by atoms with van der Waals surface area (Å²) in [7, 11) is 0. The normalized spacial score (nSPS) is 10.5. The Balaban J connectivity index is 1.65. The maximum Gasteiger partial charge on any atom is 0.291 e. The summed E-state index contributed by atoms with van der Waals surface area (Å²) in [6.45, 7) is 4.23. The van der Waals surface area contributed by atoms with Crippen LogP contribution >= 0.6 is 0 Å². The van der Waals surface area contributed by atoms with Gasteiger partial charge in [-0.1, -0.05) is 18.2 Å². The molecule has 0 radical (unpaired) electrons. The number of carbonyl (C=O) groups is 2. The van der Waals surface area contributed by atoms with Crippen LogP contribution in [0.3, 0.4) is 0 Å². The molecule has 0 aliphatic rings. The summed E-state index contributed by atoms with van der Waals surface area (Å²) in [5, 5.41) is 6.38. The first-order chi connectivity index (χ1) is 12.6. The third-order valence-corrected chi connectivity index (χ3v) is 3.91. The number of nitrogens with one attached hydrogen (secondary N) is 2. The van der Waals surface area contributed by atoms with Crippen molar-refractivity contribution < 1.29 is 18.7 Å². The minimum Gasteiger partial charge on any atom is -0.484 e. The van der Waals surface area contributed by atoms with Crippen molar-refractivity contribution in [2.45, 2.75) is 13.8 Å². The highest BCUT2D eigenvalue weighted by atomic mass is 16.5. The van der Waals surface area contributed by atoms with Crippen molar-refractivity contribution in [2.75, 3.05) is 18.5 Å². The second kappa shape index (κ2) is 7.74. The molecule has 1 heterocycles. The molecule has 3 rings (SSSR count). The fraction of sp³-hybridized carbons (Fsp3) is 0.200. The number of furan rings is 1. The first kappa shape index (κ1) is 17.5.